The van der Waals surface area contributed by atoms with Crippen LogP contribution in [0.2, 0.25) is 0 Å². The van der Waals surface area contributed by atoms with Gasteiger partial charge in [0, 0.05) is 31.7 Å². The highest BCUT2D eigenvalue weighted by molar-refractivity contribution is 5.07. The SMILES string of the molecule is CC(C)C1CNC(C(C)(C)C)CN1CC1(C2CC2)CC1. The van der Waals surface area contributed by atoms with Crippen molar-refractivity contribution in [3.8, 4) is 0 Å². The number of piperazine rings is 1. The zero-order valence-electron chi connectivity index (χ0n) is 14.2. The van der Waals surface area contributed by atoms with Crippen LogP contribution in [0, 0.1) is 22.7 Å². The second-order valence-electron chi connectivity index (χ2n) is 9.20. The van der Waals surface area contributed by atoms with Crippen molar-refractivity contribution in [1.82, 2.24) is 10.2 Å². The zero-order chi connectivity index (χ0) is 14.5. The standard InChI is InChI=1S/C18H34N2/c1-13(2)15-10-19-16(17(3,4)5)11-20(15)12-18(8-9-18)14-6-7-14/h13-16,19H,6-12H2,1-5H3. The van der Waals surface area contributed by atoms with E-state index in [2.05, 4.69) is 44.8 Å². The van der Waals surface area contributed by atoms with Crippen molar-refractivity contribution < 1.29 is 0 Å². The Morgan fingerprint density at radius 3 is 2.30 bits per heavy atom. The molecule has 1 saturated heterocycles. The Morgan fingerprint density at radius 2 is 1.85 bits per heavy atom. The van der Waals surface area contributed by atoms with E-state index in [1.807, 2.05) is 0 Å². The molecule has 3 aliphatic rings. The average molecular weight is 278 g/mol. The fourth-order valence-electron chi connectivity index (χ4n) is 4.20. The van der Waals surface area contributed by atoms with E-state index in [0.717, 1.165) is 23.3 Å². The second kappa shape index (κ2) is 4.98. The van der Waals surface area contributed by atoms with E-state index >= 15 is 0 Å². The summed E-state index contributed by atoms with van der Waals surface area (Å²) in [4.78, 5) is 2.86. The molecule has 1 aliphatic heterocycles. The highest BCUT2D eigenvalue weighted by atomic mass is 15.2. The third kappa shape index (κ3) is 2.92. The molecular formula is C18H34N2. The first-order chi connectivity index (χ1) is 9.32. The van der Waals surface area contributed by atoms with Crippen molar-refractivity contribution in [2.45, 2.75) is 72.4 Å². The molecule has 3 rings (SSSR count). The van der Waals surface area contributed by atoms with Gasteiger partial charge in [-0.25, -0.2) is 0 Å². The molecule has 1 heterocycles. The van der Waals surface area contributed by atoms with Crippen LogP contribution in [0.3, 0.4) is 0 Å². The third-order valence-electron chi connectivity index (χ3n) is 6.13. The van der Waals surface area contributed by atoms with Crippen LogP contribution in [0.25, 0.3) is 0 Å². The van der Waals surface area contributed by atoms with E-state index in [1.54, 1.807) is 0 Å². The lowest BCUT2D eigenvalue weighted by Gasteiger charge is -2.47. The normalized spacial score (nSPS) is 34.5. The maximum absolute atomic E-state index is 3.83. The van der Waals surface area contributed by atoms with Gasteiger partial charge in [-0.05, 0) is 48.3 Å². The molecule has 0 spiro atoms. The summed E-state index contributed by atoms with van der Waals surface area (Å²) in [5, 5.41) is 3.83. The van der Waals surface area contributed by atoms with Gasteiger partial charge in [0.05, 0.1) is 0 Å². The van der Waals surface area contributed by atoms with Crippen molar-refractivity contribution in [2.75, 3.05) is 19.6 Å². The lowest BCUT2D eigenvalue weighted by molar-refractivity contribution is 0.0434. The molecule has 0 aromatic rings. The average Bonchev–Trinajstić information content (AvgIpc) is 3.21. The maximum Gasteiger partial charge on any atom is 0.0244 e. The van der Waals surface area contributed by atoms with Crippen LogP contribution in [0.5, 0.6) is 0 Å². The highest BCUT2D eigenvalue weighted by Gasteiger charge is 2.55. The highest BCUT2D eigenvalue weighted by Crippen LogP contribution is 2.61. The molecule has 116 valence electrons. The lowest BCUT2D eigenvalue weighted by atomic mass is 9.83. The van der Waals surface area contributed by atoms with Crippen molar-refractivity contribution in [3.05, 3.63) is 0 Å². The van der Waals surface area contributed by atoms with Crippen molar-refractivity contribution in [2.24, 2.45) is 22.7 Å². The van der Waals surface area contributed by atoms with Crippen LogP contribution < -0.4 is 5.32 Å². The summed E-state index contributed by atoms with van der Waals surface area (Å²) in [6.07, 6.45) is 6.04. The largest absolute Gasteiger partial charge is 0.311 e. The zero-order valence-corrected chi connectivity index (χ0v) is 14.2. The van der Waals surface area contributed by atoms with Crippen LogP contribution in [-0.2, 0) is 0 Å². The summed E-state index contributed by atoms with van der Waals surface area (Å²) in [7, 11) is 0. The number of hydrogen-bond acceptors (Lipinski definition) is 2. The molecule has 0 radical (unpaired) electrons. The maximum atomic E-state index is 3.83. The fourth-order valence-corrected chi connectivity index (χ4v) is 4.20. The van der Waals surface area contributed by atoms with Crippen LogP contribution >= 0.6 is 0 Å². The van der Waals surface area contributed by atoms with Gasteiger partial charge in [0.25, 0.3) is 0 Å². The predicted octanol–water partition coefficient (Wildman–Crippen LogP) is 3.52. The van der Waals surface area contributed by atoms with Crippen LogP contribution in [-0.4, -0.2) is 36.6 Å². The first-order valence-electron chi connectivity index (χ1n) is 8.79. The molecule has 2 unspecified atom stereocenters. The number of hydrogen-bond donors (Lipinski definition) is 1. The third-order valence-corrected chi connectivity index (χ3v) is 6.13. The topological polar surface area (TPSA) is 15.3 Å². The molecule has 2 saturated carbocycles. The summed E-state index contributed by atoms with van der Waals surface area (Å²) in [5.41, 5.74) is 1.11. The van der Waals surface area contributed by atoms with Crippen molar-refractivity contribution in [1.29, 1.82) is 0 Å². The smallest absolute Gasteiger partial charge is 0.0244 e. The molecule has 20 heavy (non-hydrogen) atoms. The minimum atomic E-state index is 0.372. The van der Waals surface area contributed by atoms with E-state index in [4.69, 9.17) is 0 Å². The van der Waals surface area contributed by atoms with Crippen LogP contribution in [0.15, 0.2) is 0 Å². The molecule has 2 nitrogen and oxygen atoms in total. The van der Waals surface area contributed by atoms with E-state index in [9.17, 15) is 0 Å². The molecule has 2 aliphatic carbocycles. The molecule has 0 amide bonds. The van der Waals surface area contributed by atoms with E-state index in [-0.39, 0.29) is 0 Å². The molecule has 0 bridgehead atoms. The van der Waals surface area contributed by atoms with Crippen LogP contribution in [0.1, 0.15) is 60.3 Å². The van der Waals surface area contributed by atoms with Crippen molar-refractivity contribution >= 4 is 0 Å². The lowest BCUT2D eigenvalue weighted by Crippen LogP contribution is -2.62. The van der Waals surface area contributed by atoms with Gasteiger partial charge in [0.2, 0.25) is 0 Å². The summed E-state index contributed by atoms with van der Waals surface area (Å²) in [5.74, 6) is 1.84. The van der Waals surface area contributed by atoms with Gasteiger partial charge in [-0.1, -0.05) is 34.6 Å². The van der Waals surface area contributed by atoms with E-state index in [0.29, 0.717) is 11.5 Å². The number of nitrogens with zero attached hydrogens (tertiary/aromatic N) is 1. The van der Waals surface area contributed by atoms with Crippen molar-refractivity contribution in [3.63, 3.8) is 0 Å². The molecule has 0 aromatic carbocycles. The van der Waals surface area contributed by atoms with Gasteiger partial charge >= 0.3 is 0 Å². The molecule has 1 N–H and O–H groups in total. The van der Waals surface area contributed by atoms with E-state index < -0.39 is 0 Å². The minimum Gasteiger partial charge on any atom is -0.311 e. The van der Waals surface area contributed by atoms with Gasteiger partial charge in [-0.2, -0.15) is 0 Å². The Labute approximate surface area is 125 Å². The summed E-state index contributed by atoms with van der Waals surface area (Å²) in [6.45, 7) is 15.8. The Kier molecular flexibility index (Phi) is 3.70. The second-order valence-corrected chi connectivity index (χ2v) is 9.20. The predicted molar refractivity (Wildman–Crippen MR) is 85.8 cm³/mol. The van der Waals surface area contributed by atoms with Gasteiger partial charge in [-0.15, -0.1) is 0 Å². The number of nitrogens with one attached hydrogen (secondary N) is 1. The van der Waals surface area contributed by atoms with Gasteiger partial charge in [-0.3, -0.25) is 4.90 Å². The molecule has 0 aromatic heterocycles. The van der Waals surface area contributed by atoms with Gasteiger partial charge in [0.15, 0.2) is 0 Å². The van der Waals surface area contributed by atoms with Gasteiger partial charge in [0.1, 0.15) is 0 Å². The van der Waals surface area contributed by atoms with E-state index in [1.165, 1.54) is 45.3 Å². The molecular weight excluding hydrogens is 244 g/mol. The quantitative estimate of drug-likeness (QED) is 0.846. The Bertz CT molecular complexity index is 347. The Balaban J connectivity index is 1.69. The van der Waals surface area contributed by atoms with Crippen LogP contribution in [0.4, 0.5) is 0 Å². The number of rotatable bonds is 4. The summed E-state index contributed by atoms with van der Waals surface area (Å²) < 4.78 is 0. The minimum absolute atomic E-state index is 0.372. The monoisotopic (exact) mass is 278 g/mol. The molecule has 2 atom stereocenters. The first-order valence-corrected chi connectivity index (χ1v) is 8.79. The summed E-state index contributed by atoms with van der Waals surface area (Å²) in [6, 6.07) is 1.39. The fraction of sp³-hybridized carbons (Fsp3) is 1.00. The molecule has 2 heteroatoms. The first kappa shape index (κ1) is 14.8. The Morgan fingerprint density at radius 1 is 1.20 bits per heavy atom. The van der Waals surface area contributed by atoms with Gasteiger partial charge < -0.3 is 5.32 Å². The Hall–Kier alpha value is -0.0800. The summed E-state index contributed by atoms with van der Waals surface area (Å²) >= 11 is 0. The molecule has 3 fully saturated rings.